The molecule has 196 valence electrons. The number of amidine groups is 1. The minimum atomic E-state index is -3.48. The molecule has 0 amide bonds. The van der Waals surface area contributed by atoms with Crippen molar-refractivity contribution in [3.05, 3.63) is 62.2 Å². The third-order valence-corrected chi connectivity index (χ3v) is 10.6. The Morgan fingerprint density at radius 2 is 2.00 bits per heavy atom. The largest absolute Gasteiger partial charge is 0.466 e. The quantitative estimate of drug-likeness (QED) is 0.346. The van der Waals surface area contributed by atoms with Gasteiger partial charge in [-0.2, -0.15) is 0 Å². The summed E-state index contributed by atoms with van der Waals surface area (Å²) in [5.41, 5.74) is -0.401. The van der Waals surface area contributed by atoms with Crippen molar-refractivity contribution in [3.63, 3.8) is 0 Å². The van der Waals surface area contributed by atoms with Gasteiger partial charge in [-0.25, -0.2) is 31.7 Å². The molecule has 1 unspecified atom stereocenters. The summed E-state index contributed by atoms with van der Waals surface area (Å²) < 4.78 is 61.8. The first kappa shape index (κ1) is 24.9. The number of nitrogens with zero attached hydrogens (tertiary/aromatic N) is 2. The fraction of sp³-hybridized carbons (Fsp3) is 0.435. The summed E-state index contributed by atoms with van der Waals surface area (Å²) in [6, 6.07) is 1.14. The molecule has 3 saturated carbocycles. The predicted octanol–water partition coefficient (Wildman–Crippen LogP) is 2.41. The first-order valence-corrected chi connectivity index (χ1v) is 14.3. The number of hydrogen-bond donors (Lipinski definition) is 3. The first-order chi connectivity index (χ1) is 17.6. The van der Waals surface area contributed by atoms with Crippen LogP contribution in [0.1, 0.15) is 35.9 Å². The maximum atomic E-state index is 14.5. The Labute approximate surface area is 220 Å². The second-order valence-corrected chi connectivity index (χ2v) is 13.1. The Hall–Kier alpha value is -2.45. The molecule has 2 aliphatic heterocycles. The van der Waals surface area contributed by atoms with Gasteiger partial charge in [-0.15, -0.1) is 11.3 Å². The Balaban J connectivity index is 1.41. The fourth-order valence-corrected chi connectivity index (χ4v) is 8.25. The second-order valence-electron chi connectivity index (χ2n) is 9.91. The molecular weight excluding hydrogens is 548 g/mol. The van der Waals surface area contributed by atoms with E-state index in [0.717, 1.165) is 6.07 Å². The molecule has 37 heavy (non-hydrogen) atoms. The van der Waals surface area contributed by atoms with E-state index < -0.39 is 54.9 Å². The van der Waals surface area contributed by atoms with Crippen LogP contribution in [0.5, 0.6) is 0 Å². The van der Waals surface area contributed by atoms with Gasteiger partial charge in [-0.05, 0) is 25.3 Å². The maximum absolute atomic E-state index is 14.5. The van der Waals surface area contributed by atoms with Crippen LogP contribution in [0, 0.1) is 17.0 Å². The molecule has 4 fully saturated rings. The summed E-state index contributed by atoms with van der Waals surface area (Å²) >= 11 is 7.52. The number of methoxy groups -OCH3 is 1. The third kappa shape index (κ3) is 3.82. The van der Waals surface area contributed by atoms with Crippen molar-refractivity contribution in [2.75, 3.05) is 20.2 Å². The van der Waals surface area contributed by atoms with E-state index >= 15 is 0 Å². The van der Waals surface area contributed by atoms with Crippen LogP contribution in [0.2, 0.25) is 5.02 Å². The van der Waals surface area contributed by atoms with E-state index in [2.05, 4.69) is 25.3 Å². The van der Waals surface area contributed by atoms with Crippen molar-refractivity contribution in [1.82, 2.24) is 20.3 Å². The van der Waals surface area contributed by atoms with Crippen molar-refractivity contribution in [2.45, 2.75) is 36.1 Å². The zero-order valence-electron chi connectivity index (χ0n) is 19.5. The summed E-state index contributed by atoms with van der Waals surface area (Å²) in [7, 11) is -2.25. The zero-order valence-corrected chi connectivity index (χ0v) is 21.9. The number of carbonyl (C=O) groups excluding carboxylic acids is 1. The van der Waals surface area contributed by atoms with Crippen LogP contribution < -0.4 is 15.4 Å². The molecule has 1 aromatic carbocycles. The average molecular weight is 570 g/mol. The second kappa shape index (κ2) is 8.53. The van der Waals surface area contributed by atoms with E-state index in [4.69, 9.17) is 16.3 Å². The number of carbonyl (C=O) groups is 1. The van der Waals surface area contributed by atoms with Gasteiger partial charge in [-0.3, -0.25) is 4.99 Å². The van der Waals surface area contributed by atoms with Gasteiger partial charge in [0.2, 0.25) is 10.0 Å². The summed E-state index contributed by atoms with van der Waals surface area (Å²) in [4.78, 5) is 22.1. The molecule has 1 saturated heterocycles. The van der Waals surface area contributed by atoms with Crippen molar-refractivity contribution in [1.29, 1.82) is 0 Å². The summed E-state index contributed by atoms with van der Waals surface area (Å²) in [5, 5.41) is 7.57. The van der Waals surface area contributed by atoms with Gasteiger partial charge in [0.1, 0.15) is 11.3 Å². The molecule has 1 atom stereocenters. The van der Waals surface area contributed by atoms with E-state index in [1.54, 1.807) is 11.6 Å². The number of esters is 1. The number of thiazole rings is 1. The Morgan fingerprint density at radius 3 is 2.59 bits per heavy atom. The number of benzene rings is 1. The Kier molecular flexibility index (Phi) is 5.73. The summed E-state index contributed by atoms with van der Waals surface area (Å²) in [6.45, 7) is 0.833. The molecule has 5 aliphatic rings. The van der Waals surface area contributed by atoms with Crippen molar-refractivity contribution in [2.24, 2.45) is 10.4 Å². The number of halogens is 3. The van der Waals surface area contributed by atoms with E-state index in [1.807, 2.05) is 0 Å². The van der Waals surface area contributed by atoms with Crippen molar-refractivity contribution < 1.29 is 26.7 Å². The lowest BCUT2D eigenvalue weighted by Gasteiger charge is -2.71. The van der Waals surface area contributed by atoms with Gasteiger partial charge in [0, 0.05) is 46.9 Å². The van der Waals surface area contributed by atoms with Gasteiger partial charge in [0.05, 0.1) is 17.7 Å². The van der Waals surface area contributed by atoms with Crippen molar-refractivity contribution in [3.8, 4) is 0 Å². The molecule has 3 aliphatic carbocycles. The molecule has 3 N–H and O–H groups in total. The highest BCUT2D eigenvalue weighted by Gasteiger charge is 2.72. The number of nitrogens with one attached hydrogen (secondary N) is 3. The number of ether oxygens (including phenoxy) is 1. The van der Waals surface area contributed by atoms with Gasteiger partial charge in [0.25, 0.3) is 0 Å². The highest BCUT2D eigenvalue weighted by atomic mass is 35.5. The van der Waals surface area contributed by atoms with E-state index in [-0.39, 0.29) is 11.1 Å². The number of allylic oxidation sites excluding steroid dienone is 1. The number of rotatable bonds is 7. The van der Waals surface area contributed by atoms with E-state index in [1.165, 1.54) is 24.5 Å². The molecule has 7 rings (SSSR count). The summed E-state index contributed by atoms with van der Waals surface area (Å²) in [6.07, 6.45) is 2.99. The normalized spacial score (nSPS) is 29.0. The van der Waals surface area contributed by atoms with Crippen LogP contribution in [0.3, 0.4) is 0 Å². The van der Waals surface area contributed by atoms with Crippen LogP contribution in [0.25, 0.3) is 0 Å². The van der Waals surface area contributed by atoms with Gasteiger partial charge < -0.3 is 15.4 Å². The lowest BCUT2D eigenvalue weighted by Crippen LogP contribution is -2.77. The van der Waals surface area contributed by atoms with E-state index in [0.29, 0.717) is 48.9 Å². The number of aliphatic imine (C=N–C) groups is 1. The Bertz CT molecular complexity index is 1450. The van der Waals surface area contributed by atoms with Crippen LogP contribution >= 0.6 is 22.9 Å². The molecular formula is C23H22ClF2N5O4S2. The van der Waals surface area contributed by atoms with Crippen LogP contribution in [0.15, 0.2) is 40.0 Å². The fourth-order valence-electron chi connectivity index (χ4n) is 5.74. The van der Waals surface area contributed by atoms with Gasteiger partial charge in [0.15, 0.2) is 22.5 Å². The van der Waals surface area contributed by atoms with Crippen molar-refractivity contribution >= 4 is 44.8 Å². The predicted molar refractivity (Wildman–Crippen MR) is 133 cm³/mol. The van der Waals surface area contributed by atoms with Crippen LogP contribution in [-0.4, -0.2) is 56.2 Å². The molecule has 1 aromatic heterocycles. The lowest BCUT2D eigenvalue weighted by atomic mass is 9.38. The molecule has 0 spiro atoms. The minimum absolute atomic E-state index is 0.105. The number of sulfonamides is 1. The SMILES string of the molecule is COC(=O)C1=C(C23CC(NS(=O)(=O)C4CNC4)(C2)C3)NC(c2nccs2)=NC1c1ccc(F)c(F)c1Cl. The number of hydrogen-bond acceptors (Lipinski definition) is 9. The topological polar surface area (TPSA) is 122 Å². The van der Waals surface area contributed by atoms with Crippen LogP contribution in [-0.2, 0) is 19.6 Å². The van der Waals surface area contributed by atoms with Crippen LogP contribution in [0.4, 0.5) is 8.78 Å². The highest BCUT2D eigenvalue weighted by Crippen LogP contribution is 2.71. The molecule has 9 nitrogen and oxygen atoms in total. The number of aromatic nitrogens is 1. The molecule has 2 aromatic rings. The Morgan fingerprint density at radius 1 is 1.27 bits per heavy atom. The van der Waals surface area contributed by atoms with E-state index in [9.17, 15) is 22.0 Å². The molecule has 3 heterocycles. The van der Waals surface area contributed by atoms with Gasteiger partial charge >= 0.3 is 5.97 Å². The maximum Gasteiger partial charge on any atom is 0.338 e. The minimum Gasteiger partial charge on any atom is -0.466 e. The third-order valence-electron chi connectivity index (χ3n) is 7.55. The first-order valence-electron chi connectivity index (χ1n) is 11.5. The highest BCUT2D eigenvalue weighted by molar-refractivity contribution is 7.90. The molecule has 14 heteroatoms. The standard InChI is InChI=1S/C23H22ClF2N5O4S2/c1-35-21(32)14-17(12-2-3-13(25)16(26)15(12)24)29-19(20-28-4-5-36-20)30-18(14)22-8-23(9-22,10-22)31-37(33,34)11-6-27-7-11/h2-5,11,17,27,31H,6-10H2,1H3,(H,29,30). The van der Waals surface area contributed by atoms with Gasteiger partial charge in [-0.1, -0.05) is 17.7 Å². The average Bonchev–Trinajstić information content (AvgIpc) is 3.31. The smallest absolute Gasteiger partial charge is 0.338 e. The lowest BCUT2D eigenvalue weighted by molar-refractivity contribution is -0.138. The monoisotopic (exact) mass is 569 g/mol. The summed E-state index contributed by atoms with van der Waals surface area (Å²) in [5.74, 6) is -2.71. The molecule has 2 bridgehead atoms. The molecule has 0 radical (unpaired) electrons. The zero-order chi connectivity index (χ0) is 26.2.